The number of nitrogens with zero attached hydrogens (tertiary/aromatic N) is 4. The predicted octanol–water partition coefficient (Wildman–Crippen LogP) is 0.599. The number of hydrogen-bond acceptors (Lipinski definition) is 5. The number of carbonyl (C=O) groups is 1. The van der Waals surface area contributed by atoms with Gasteiger partial charge in [0.25, 0.3) is 0 Å². The van der Waals surface area contributed by atoms with Gasteiger partial charge in [-0.25, -0.2) is 0 Å². The smallest absolute Gasteiger partial charge is 0.238 e. The lowest BCUT2D eigenvalue weighted by molar-refractivity contribution is -0.115. The third-order valence-electron chi connectivity index (χ3n) is 2.44. The van der Waals surface area contributed by atoms with Crippen LogP contribution >= 0.6 is 0 Å². The Morgan fingerprint density at radius 1 is 1.37 bits per heavy atom. The van der Waals surface area contributed by atoms with Crippen LogP contribution < -0.4 is 10.6 Å². The number of amides is 1. The molecule has 7 heteroatoms. The van der Waals surface area contributed by atoms with Crippen molar-refractivity contribution >= 4 is 11.6 Å². The second kappa shape index (κ2) is 6.05. The zero-order chi connectivity index (χ0) is 13.7. The van der Waals surface area contributed by atoms with Crippen LogP contribution in [-0.4, -0.2) is 38.7 Å². The molecule has 0 spiro atoms. The van der Waals surface area contributed by atoms with E-state index < -0.39 is 0 Å². The van der Waals surface area contributed by atoms with Gasteiger partial charge in [0.15, 0.2) is 0 Å². The van der Waals surface area contributed by atoms with Crippen LogP contribution in [0.5, 0.6) is 0 Å². The van der Waals surface area contributed by atoms with Gasteiger partial charge >= 0.3 is 0 Å². The lowest BCUT2D eigenvalue weighted by atomic mass is 10.2. The maximum absolute atomic E-state index is 11.8. The van der Waals surface area contributed by atoms with Crippen molar-refractivity contribution in [2.45, 2.75) is 19.9 Å². The summed E-state index contributed by atoms with van der Waals surface area (Å²) in [5.74, 6) is -0.103. The first-order chi connectivity index (χ1) is 9.16. The highest BCUT2D eigenvalue weighted by Crippen LogP contribution is 2.17. The molecule has 2 N–H and O–H groups in total. The zero-order valence-electron chi connectivity index (χ0n) is 10.9. The van der Waals surface area contributed by atoms with Gasteiger partial charge in [0.2, 0.25) is 5.91 Å². The van der Waals surface area contributed by atoms with Crippen LogP contribution in [0.1, 0.15) is 13.8 Å². The van der Waals surface area contributed by atoms with Crippen molar-refractivity contribution < 1.29 is 4.79 Å². The predicted molar refractivity (Wildman–Crippen MR) is 70.9 cm³/mol. The van der Waals surface area contributed by atoms with Crippen molar-refractivity contribution in [2.24, 2.45) is 0 Å². The van der Waals surface area contributed by atoms with E-state index in [0.29, 0.717) is 5.69 Å². The largest absolute Gasteiger partial charge is 0.323 e. The average Bonchev–Trinajstić information content (AvgIpc) is 2.91. The van der Waals surface area contributed by atoms with Gasteiger partial charge in [-0.3, -0.25) is 4.79 Å². The molecule has 1 aromatic heterocycles. The Balaban J connectivity index is 2.10. The summed E-state index contributed by atoms with van der Waals surface area (Å²) in [6, 6.07) is 7.62. The van der Waals surface area contributed by atoms with Crippen molar-refractivity contribution in [1.29, 1.82) is 0 Å². The molecule has 2 rings (SSSR count). The summed E-state index contributed by atoms with van der Waals surface area (Å²) < 4.78 is 1.51. The number of benzene rings is 1. The monoisotopic (exact) mass is 260 g/mol. The molecule has 1 heterocycles. The number of aromatic nitrogens is 4. The minimum absolute atomic E-state index is 0.103. The molecule has 2 aromatic rings. The highest BCUT2D eigenvalue weighted by molar-refractivity contribution is 5.94. The van der Waals surface area contributed by atoms with Crippen LogP contribution in [-0.2, 0) is 4.79 Å². The fourth-order valence-electron chi connectivity index (χ4n) is 1.54. The minimum atomic E-state index is -0.103. The van der Waals surface area contributed by atoms with Gasteiger partial charge in [-0.15, -0.1) is 5.10 Å². The molecule has 0 unspecified atom stereocenters. The first-order valence-corrected chi connectivity index (χ1v) is 6.02. The van der Waals surface area contributed by atoms with Crippen LogP contribution in [0.15, 0.2) is 30.6 Å². The number of anilines is 1. The summed E-state index contributed by atoms with van der Waals surface area (Å²) in [5.41, 5.74) is 1.40. The molecular formula is C12H16N6O. The summed E-state index contributed by atoms with van der Waals surface area (Å²) >= 11 is 0. The van der Waals surface area contributed by atoms with Gasteiger partial charge in [0, 0.05) is 6.04 Å². The normalized spacial score (nSPS) is 10.7. The van der Waals surface area contributed by atoms with Crippen LogP contribution in [0.3, 0.4) is 0 Å². The Labute approximate surface area is 111 Å². The van der Waals surface area contributed by atoms with E-state index in [1.807, 2.05) is 38.1 Å². The van der Waals surface area contributed by atoms with E-state index in [-0.39, 0.29) is 18.5 Å². The van der Waals surface area contributed by atoms with Crippen LogP contribution in [0.25, 0.3) is 5.69 Å². The number of nitrogens with one attached hydrogen (secondary N) is 2. The SMILES string of the molecule is CC(C)NCC(=O)Nc1ccccc1-n1cnnn1. The third-order valence-corrected chi connectivity index (χ3v) is 2.44. The van der Waals surface area contributed by atoms with Crippen molar-refractivity contribution in [3.05, 3.63) is 30.6 Å². The van der Waals surface area contributed by atoms with Crippen LogP contribution in [0.4, 0.5) is 5.69 Å². The highest BCUT2D eigenvalue weighted by Gasteiger charge is 2.08. The van der Waals surface area contributed by atoms with Crippen molar-refractivity contribution in [2.75, 3.05) is 11.9 Å². The molecule has 0 saturated heterocycles. The molecule has 0 bridgehead atoms. The van der Waals surface area contributed by atoms with E-state index in [1.54, 1.807) is 0 Å². The number of carbonyl (C=O) groups excluding carboxylic acids is 1. The molecule has 100 valence electrons. The molecule has 19 heavy (non-hydrogen) atoms. The number of rotatable bonds is 5. The minimum Gasteiger partial charge on any atom is -0.323 e. The van der Waals surface area contributed by atoms with Gasteiger partial charge < -0.3 is 10.6 Å². The first kappa shape index (κ1) is 13.2. The highest BCUT2D eigenvalue weighted by atomic mass is 16.1. The van der Waals surface area contributed by atoms with E-state index in [9.17, 15) is 4.79 Å². The van der Waals surface area contributed by atoms with Crippen molar-refractivity contribution in [3.8, 4) is 5.69 Å². The summed E-state index contributed by atoms with van der Waals surface area (Å²) in [5, 5.41) is 16.9. The van der Waals surface area contributed by atoms with E-state index in [0.717, 1.165) is 5.69 Å². The molecule has 0 radical (unpaired) electrons. The molecule has 0 aliphatic heterocycles. The molecular weight excluding hydrogens is 244 g/mol. The summed E-state index contributed by atoms with van der Waals surface area (Å²) in [6.45, 7) is 4.24. The Morgan fingerprint density at radius 3 is 2.84 bits per heavy atom. The lowest BCUT2D eigenvalue weighted by Gasteiger charge is -2.11. The Bertz CT molecular complexity index is 537. The molecule has 0 aliphatic rings. The molecule has 1 aromatic carbocycles. The lowest BCUT2D eigenvalue weighted by Crippen LogP contribution is -2.32. The first-order valence-electron chi connectivity index (χ1n) is 6.02. The van der Waals surface area contributed by atoms with E-state index in [2.05, 4.69) is 26.2 Å². The average molecular weight is 260 g/mol. The number of para-hydroxylation sites is 2. The van der Waals surface area contributed by atoms with Gasteiger partial charge in [-0.05, 0) is 22.6 Å². The molecule has 7 nitrogen and oxygen atoms in total. The van der Waals surface area contributed by atoms with Gasteiger partial charge in [0.05, 0.1) is 17.9 Å². The molecule has 0 aliphatic carbocycles. The quantitative estimate of drug-likeness (QED) is 0.822. The molecule has 0 fully saturated rings. The molecule has 0 atom stereocenters. The number of hydrogen-bond donors (Lipinski definition) is 2. The van der Waals surface area contributed by atoms with Crippen molar-refractivity contribution in [3.63, 3.8) is 0 Å². The second-order valence-electron chi connectivity index (χ2n) is 4.36. The zero-order valence-corrected chi connectivity index (χ0v) is 10.9. The van der Waals surface area contributed by atoms with E-state index in [1.165, 1.54) is 11.0 Å². The topological polar surface area (TPSA) is 84.7 Å². The van der Waals surface area contributed by atoms with Crippen LogP contribution in [0, 0.1) is 0 Å². The summed E-state index contributed by atoms with van der Waals surface area (Å²) in [7, 11) is 0. The van der Waals surface area contributed by atoms with Crippen LogP contribution in [0.2, 0.25) is 0 Å². The Kier molecular flexibility index (Phi) is 4.19. The van der Waals surface area contributed by atoms with Crippen molar-refractivity contribution in [1.82, 2.24) is 25.5 Å². The summed E-state index contributed by atoms with van der Waals surface area (Å²) in [4.78, 5) is 11.8. The van der Waals surface area contributed by atoms with E-state index in [4.69, 9.17) is 0 Å². The van der Waals surface area contributed by atoms with Gasteiger partial charge in [-0.2, -0.15) is 4.68 Å². The van der Waals surface area contributed by atoms with Gasteiger partial charge in [-0.1, -0.05) is 26.0 Å². The third kappa shape index (κ3) is 3.59. The Hall–Kier alpha value is -2.28. The second-order valence-corrected chi connectivity index (χ2v) is 4.36. The van der Waals surface area contributed by atoms with Gasteiger partial charge in [0.1, 0.15) is 6.33 Å². The standard InChI is InChI=1S/C12H16N6O/c1-9(2)13-7-12(19)15-10-5-3-4-6-11(10)18-8-14-16-17-18/h3-6,8-9,13H,7H2,1-2H3,(H,15,19). The number of tetrazole rings is 1. The fourth-order valence-corrected chi connectivity index (χ4v) is 1.54. The molecule has 0 saturated carbocycles. The fraction of sp³-hybridized carbons (Fsp3) is 0.333. The molecule has 1 amide bonds. The maximum Gasteiger partial charge on any atom is 0.238 e. The Morgan fingerprint density at radius 2 is 2.16 bits per heavy atom. The maximum atomic E-state index is 11.8. The van der Waals surface area contributed by atoms with E-state index >= 15 is 0 Å². The summed E-state index contributed by atoms with van der Waals surface area (Å²) in [6.07, 6.45) is 1.48.